The second-order valence-corrected chi connectivity index (χ2v) is 8.09. The third kappa shape index (κ3) is 6.07. The molecule has 0 fully saturated rings. The van der Waals surface area contributed by atoms with Crippen LogP contribution in [0.1, 0.15) is 17.0 Å². The van der Waals surface area contributed by atoms with Gasteiger partial charge in [0.2, 0.25) is 0 Å². The quantitative estimate of drug-likeness (QED) is 0.407. The Morgan fingerprint density at radius 1 is 0.750 bits per heavy atom. The molecule has 0 N–H and O–H groups in total. The van der Waals surface area contributed by atoms with Gasteiger partial charge in [-0.15, -0.1) is 0 Å². The van der Waals surface area contributed by atoms with Crippen molar-refractivity contribution >= 4 is 29.9 Å². The topological polar surface area (TPSA) is 43.3 Å². The lowest BCUT2D eigenvalue weighted by molar-refractivity contribution is -0.679. The van der Waals surface area contributed by atoms with Crippen molar-refractivity contribution in [3.05, 3.63) is 84.1 Å². The summed E-state index contributed by atoms with van der Waals surface area (Å²) in [5.41, 5.74) is 4.37. The summed E-state index contributed by atoms with van der Waals surface area (Å²) in [6.07, 6.45) is 11.4. The molecule has 2 aromatic carbocycles. The van der Waals surface area contributed by atoms with Gasteiger partial charge in [-0.2, -0.15) is 0 Å². The number of rotatable bonds is 8. The molecule has 166 valence electrons. The SMILES string of the molecule is CN(C)/C=C/c1n(/N=C/c2ccc(N(C)C)cc2)cc[n+]1/N=C/c1ccc(N(C)C)cc1. The highest BCUT2D eigenvalue weighted by Gasteiger charge is 2.14. The summed E-state index contributed by atoms with van der Waals surface area (Å²) >= 11 is 0. The predicted octanol–water partition coefficient (Wildman–Crippen LogP) is 3.20. The summed E-state index contributed by atoms with van der Waals surface area (Å²) in [4.78, 5) is 6.13. The zero-order valence-corrected chi connectivity index (χ0v) is 19.7. The smallest absolute Gasteiger partial charge is 0.334 e. The van der Waals surface area contributed by atoms with Gasteiger partial charge in [-0.3, -0.25) is 0 Å². The molecule has 3 aromatic rings. The van der Waals surface area contributed by atoms with Crippen molar-refractivity contribution in [2.75, 3.05) is 52.1 Å². The van der Waals surface area contributed by atoms with Gasteiger partial charge in [-0.25, -0.2) is 0 Å². The Balaban J connectivity index is 1.85. The molecule has 1 heterocycles. The zero-order chi connectivity index (χ0) is 23.1. The Morgan fingerprint density at radius 2 is 1.28 bits per heavy atom. The molecule has 0 aliphatic heterocycles. The first-order valence-electron chi connectivity index (χ1n) is 10.4. The highest BCUT2D eigenvalue weighted by Crippen LogP contribution is 2.12. The lowest BCUT2D eigenvalue weighted by atomic mass is 10.2. The zero-order valence-electron chi connectivity index (χ0n) is 19.7. The first-order chi connectivity index (χ1) is 15.3. The van der Waals surface area contributed by atoms with Gasteiger partial charge in [0.15, 0.2) is 12.4 Å². The third-order valence-electron chi connectivity index (χ3n) is 4.82. The Kier molecular flexibility index (Phi) is 7.44. The Bertz CT molecular complexity index is 1010. The van der Waals surface area contributed by atoms with Gasteiger partial charge in [-0.05, 0) is 35.4 Å². The van der Waals surface area contributed by atoms with Gasteiger partial charge < -0.3 is 14.7 Å². The normalized spacial score (nSPS) is 11.7. The van der Waals surface area contributed by atoms with Gasteiger partial charge in [0.1, 0.15) is 0 Å². The van der Waals surface area contributed by atoms with E-state index in [1.54, 1.807) is 0 Å². The van der Waals surface area contributed by atoms with Gasteiger partial charge in [0.05, 0.1) is 12.4 Å². The van der Waals surface area contributed by atoms with Crippen molar-refractivity contribution in [3.8, 4) is 0 Å². The summed E-state index contributed by atoms with van der Waals surface area (Å²) in [5, 5.41) is 9.29. The van der Waals surface area contributed by atoms with E-state index in [2.05, 4.69) is 68.5 Å². The Labute approximate surface area is 190 Å². The first kappa shape index (κ1) is 22.8. The largest absolute Gasteiger partial charge is 0.383 e. The highest BCUT2D eigenvalue weighted by molar-refractivity contribution is 5.80. The number of hydrogen-bond acceptors (Lipinski definition) is 5. The van der Waals surface area contributed by atoms with Crippen molar-refractivity contribution in [2.45, 2.75) is 0 Å². The molecule has 0 unspecified atom stereocenters. The second-order valence-electron chi connectivity index (χ2n) is 8.09. The molecule has 0 radical (unpaired) electrons. The third-order valence-corrected chi connectivity index (χ3v) is 4.82. The molecule has 7 nitrogen and oxygen atoms in total. The first-order valence-corrected chi connectivity index (χ1v) is 10.4. The summed E-state index contributed by atoms with van der Waals surface area (Å²) in [6, 6.07) is 16.5. The van der Waals surface area contributed by atoms with E-state index in [9.17, 15) is 0 Å². The number of hydrogen-bond donors (Lipinski definition) is 0. The van der Waals surface area contributed by atoms with Crippen LogP contribution in [-0.2, 0) is 0 Å². The van der Waals surface area contributed by atoms with E-state index in [-0.39, 0.29) is 0 Å². The molecule has 0 saturated heterocycles. The van der Waals surface area contributed by atoms with Crippen LogP contribution in [0.25, 0.3) is 6.08 Å². The van der Waals surface area contributed by atoms with Crippen LogP contribution in [0.5, 0.6) is 0 Å². The van der Waals surface area contributed by atoms with Crippen molar-refractivity contribution < 1.29 is 4.68 Å². The van der Waals surface area contributed by atoms with E-state index < -0.39 is 0 Å². The van der Waals surface area contributed by atoms with Crippen LogP contribution in [0.3, 0.4) is 0 Å². The summed E-state index contributed by atoms with van der Waals surface area (Å²) in [6.45, 7) is 0. The molecular formula is C25H32N7+. The van der Waals surface area contributed by atoms with Gasteiger partial charge in [0.25, 0.3) is 0 Å². The van der Waals surface area contributed by atoms with Crippen LogP contribution in [0, 0.1) is 0 Å². The minimum atomic E-state index is 0.834. The van der Waals surface area contributed by atoms with Crippen LogP contribution in [-0.4, -0.2) is 64.3 Å². The van der Waals surface area contributed by atoms with Crippen molar-refractivity contribution in [2.24, 2.45) is 10.2 Å². The number of anilines is 2. The molecule has 1 aromatic heterocycles. The monoisotopic (exact) mass is 430 g/mol. The molecule has 0 spiro atoms. The van der Waals surface area contributed by atoms with E-state index >= 15 is 0 Å². The molecule has 0 amide bonds. The summed E-state index contributed by atoms with van der Waals surface area (Å²) in [5.74, 6) is 0.834. The van der Waals surface area contributed by atoms with Crippen molar-refractivity contribution in [3.63, 3.8) is 0 Å². The van der Waals surface area contributed by atoms with Gasteiger partial charge in [0, 0.05) is 65.9 Å². The Morgan fingerprint density at radius 3 is 1.78 bits per heavy atom. The molecule has 32 heavy (non-hydrogen) atoms. The van der Waals surface area contributed by atoms with E-state index in [4.69, 9.17) is 0 Å². The predicted molar refractivity (Wildman–Crippen MR) is 135 cm³/mol. The van der Waals surface area contributed by atoms with Crippen LogP contribution in [0.2, 0.25) is 0 Å². The lowest BCUT2D eigenvalue weighted by Crippen LogP contribution is -2.29. The van der Waals surface area contributed by atoms with E-state index in [0.29, 0.717) is 0 Å². The molecule has 3 rings (SSSR count). The minimum absolute atomic E-state index is 0.834. The van der Waals surface area contributed by atoms with Crippen LogP contribution in [0.4, 0.5) is 11.4 Å². The van der Waals surface area contributed by atoms with E-state index in [1.807, 2.05) is 93.6 Å². The van der Waals surface area contributed by atoms with E-state index in [0.717, 1.165) is 28.3 Å². The molecule has 0 atom stereocenters. The lowest BCUT2D eigenvalue weighted by Gasteiger charge is -2.11. The molecular weight excluding hydrogens is 398 g/mol. The Hall–Kier alpha value is -3.87. The van der Waals surface area contributed by atoms with Crippen molar-refractivity contribution in [1.29, 1.82) is 0 Å². The van der Waals surface area contributed by atoms with Crippen LogP contribution in [0.15, 0.2) is 77.3 Å². The second kappa shape index (κ2) is 10.4. The van der Waals surface area contributed by atoms with E-state index in [1.165, 1.54) is 0 Å². The average molecular weight is 431 g/mol. The maximum Gasteiger partial charge on any atom is 0.334 e. The summed E-state index contributed by atoms with van der Waals surface area (Å²) in [7, 11) is 12.1. The van der Waals surface area contributed by atoms with Crippen LogP contribution < -0.4 is 14.5 Å². The van der Waals surface area contributed by atoms with Gasteiger partial charge >= 0.3 is 5.82 Å². The van der Waals surface area contributed by atoms with Gasteiger partial charge in [-0.1, -0.05) is 43.8 Å². The average Bonchev–Trinajstić information content (AvgIpc) is 3.17. The van der Waals surface area contributed by atoms with Crippen molar-refractivity contribution in [1.82, 2.24) is 9.58 Å². The molecule has 0 aliphatic carbocycles. The molecule has 0 aliphatic rings. The fourth-order valence-electron chi connectivity index (χ4n) is 2.92. The number of imidazole rings is 1. The fourth-order valence-corrected chi connectivity index (χ4v) is 2.92. The highest BCUT2D eigenvalue weighted by atomic mass is 15.5. The van der Waals surface area contributed by atoms with Crippen LogP contribution >= 0.6 is 0 Å². The maximum absolute atomic E-state index is 4.64. The molecule has 0 bridgehead atoms. The summed E-state index contributed by atoms with van der Waals surface area (Å²) < 4.78 is 3.62. The standard InChI is InChI=1S/C25H32N7/c1-28(2)16-15-25-31(26-19-21-7-11-23(12-8-21)29(3)4)17-18-32(25)27-20-22-9-13-24(14-10-22)30(5)6/h7-20H,1-6H3/q+1/b26-19+,27-20+. The number of nitrogens with zero attached hydrogens (tertiary/aromatic N) is 7. The number of benzene rings is 2. The number of aromatic nitrogens is 2. The maximum atomic E-state index is 4.64. The fraction of sp³-hybridized carbons (Fsp3) is 0.240. The molecule has 0 saturated carbocycles. The minimum Gasteiger partial charge on any atom is -0.383 e. The molecule has 7 heteroatoms.